The number of aryl methyl sites for hydroxylation is 1. The second-order valence-corrected chi connectivity index (χ2v) is 5.39. The van der Waals surface area contributed by atoms with Crippen LogP contribution in [0.5, 0.6) is 5.75 Å². The number of hydrogen-bond acceptors (Lipinski definition) is 2. The van der Waals surface area contributed by atoms with Crippen molar-refractivity contribution >= 4 is 21.7 Å². The smallest absolute Gasteiger partial charge is 0.170 e. The molecule has 0 aromatic heterocycles. The molecule has 0 aliphatic heterocycles. The van der Waals surface area contributed by atoms with Crippen molar-refractivity contribution in [1.29, 1.82) is 0 Å². The third kappa shape index (κ3) is 3.25. The molecule has 4 heteroatoms. The minimum atomic E-state index is -0.332. The van der Waals surface area contributed by atoms with Crippen molar-refractivity contribution in [2.75, 3.05) is 7.11 Å². The largest absolute Gasteiger partial charge is 0.496 e. The first kappa shape index (κ1) is 14.7. The van der Waals surface area contributed by atoms with Gasteiger partial charge in [-0.1, -0.05) is 28.1 Å². The van der Waals surface area contributed by atoms with Gasteiger partial charge in [-0.15, -0.1) is 0 Å². The maximum absolute atomic E-state index is 13.0. The van der Waals surface area contributed by atoms with E-state index in [2.05, 4.69) is 15.9 Å². The first-order valence-corrected chi connectivity index (χ1v) is 6.92. The summed E-state index contributed by atoms with van der Waals surface area (Å²) in [6, 6.07) is 9.77. The van der Waals surface area contributed by atoms with Crippen LogP contribution in [0.2, 0.25) is 0 Å². The van der Waals surface area contributed by atoms with Crippen LogP contribution in [0.4, 0.5) is 4.39 Å². The van der Waals surface area contributed by atoms with Crippen LogP contribution in [-0.2, 0) is 6.42 Å². The molecule has 0 aliphatic carbocycles. The third-order valence-corrected chi connectivity index (χ3v) is 3.76. The predicted molar refractivity (Wildman–Crippen MR) is 79.9 cm³/mol. The van der Waals surface area contributed by atoms with E-state index in [1.54, 1.807) is 19.2 Å². The van der Waals surface area contributed by atoms with Crippen molar-refractivity contribution in [3.05, 3.63) is 63.4 Å². The Balaban J connectivity index is 2.28. The Labute approximate surface area is 125 Å². The van der Waals surface area contributed by atoms with Crippen LogP contribution in [0.3, 0.4) is 0 Å². The summed E-state index contributed by atoms with van der Waals surface area (Å²) in [7, 11) is 1.54. The fourth-order valence-electron chi connectivity index (χ4n) is 1.96. The van der Waals surface area contributed by atoms with E-state index >= 15 is 0 Å². The molecule has 104 valence electrons. The highest BCUT2D eigenvalue weighted by atomic mass is 79.9. The first-order chi connectivity index (χ1) is 9.51. The first-order valence-electron chi connectivity index (χ1n) is 6.13. The topological polar surface area (TPSA) is 26.3 Å². The summed E-state index contributed by atoms with van der Waals surface area (Å²) < 4.78 is 18.9. The van der Waals surface area contributed by atoms with Gasteiger partial charge in [-0.3, -0.25) is 4.79 Å². The van der Waals surface area contributed by atoms with Crippen molar-refractivity contribution in [3.8, 4) is 5.75 Å². The zero-order chi connectivity index (χ0) is 14.7. The monoisotopic (exact) mass is 336 g/mol. The number of halogens is 2. The molecule has 2 nitrogen and oxygen atoms in total. The van der Waals surface area contributed by atoms with E-state index in [1.807, 2.05) is 19.1 Å². The van der Waals surface area contributed by atoms with Gasteiger partial charge in [-0.2, -0.15) is 0 Å². The van der Waals surface area contributed by atoms with Gasteiger partial charge in [-0.05, 0) is 42.3 Å². The Morgan fingerprint density at radius 1 is 1.25 bits per heavy atom. The standard InChI is InChI=1S/C16H14BrFO2/c1-10-3-6-13(16(7-10)20-2)15(19)8-11-4-5-12(18)9-14(11)17/h3-7,9H,8H2,1-2H3. The molecule has 0 spiro atoms. The van der Waals surface area contributed by atoms with Gasteiger partial charge in [0, 0.05) is 10.9 Å². The molecule has 0 atom stereocenters. The third-order valence-electron chi connectivity index (χ3n) is 3.02. The number of benzene rings is 2. The average Bonchev–Trinajstić information content (AvgIpc) is 2.41. The summed E-state index contributed by atoms with van der Waals surface area (Å²) in [6.07, 6.45) is 0.195. The molecule has 0 unspecified atom stereocenters. The molecule has 0 bridgehead atoms. The Hall–Kier alpha value is -1.68. The molecule has 0 aliphatic rings. The molecule has 0 fully saturated rings. The van der Waals surface area contributed by atoms with Crippen molar-refractivity contribution in [2.24, 2.45) is 0 Å². The Kier molecular flexibility index (Phi) is 4.55. The van der Waals surface area contributed by atoms with E-state index in [0.29, 0.717) is 15.8 Å². The van der Waals surface area contributed by atoms with Crippen LogP contribution in [0.15, 0.2) is 40.9 Å². The summed E-state index contributed by atoms with van der Waals surface area (Å²) >= 11 is 3.27. The zero-order valence-corrected chi connectivity index (χ0v) is 12.8. The molecular weight excluding hydrogens is 323 g/mol. The van der Waals surface area contributed by atoms with Gasteiger partial charge < -0.3 is 4.74 Å². The molecule has 20 heavy (non-hydrogen) atoms. The van der Waals surface area contributed by atoms with Crippen molar-refractivity contribution in [2.45, 2.75) is 13.3 Å². The van der Waals surface area contributed by atoms with Crippen LogP contribution in [0.1, 0.15) is 21.5 Å². The zero-order valence-electron chi connectivity index (χ0n) is 11.2. The quantitative estimate of drug-likeness (QED) is 0.776. The number of rotatable bonds is 4. The van der Waals surface area contributed by atoms with Crippen LogP contribution in [0, 0.1) is 12.7 Å². The van der Waals surface area contributed by atoms with Crippen LogP contribution in [0.25, 0.3) is 0 Å². The molecule has 2 aromatic carbocycles. The van der Waals surface area contributed by atoms with Crippen molar-refractivity contribution in [3.63, 3.8) is 0 Å². The highest BCUT2D eigenvalue weighted by Crippen LogP contribution is 2.24. The van der Waals surface area contributed by atoms with E-state index in [0.717, 1.165) is 11.1 Å². The number of methoxy groups -OCH3 is 1. The maximum Gasteiger partial charge on any atom is 0.170 e. The van der Waals surface area contributed by atoms with E-state index in [9.17, 15) is 9.18 Å². The number of carbonyl (C=O) groups excluding carboxylic acids is 1. The normalized spacial score (nSPS) is 10.4. The number of Topliss-reactive ketones (excluding diaryl/α,β-unsaturated/α-hetero) is 1. The highest BCUT2D eigenvalue weighted by Gasteiger charge is 2.14. The van der Waals surface area contributed by atoms with Gasteiger partial charge in [0.05, 0.1) is 12.7 Å². The van der Waals surface area contributed by atoms with E-state index in [1.165, 1.54) is 12.1 Å². The lowest BCUT2D eigenvalue weighted by atomic mass is 10.0. The summed E-state index contributed by atoms with van der Waals surface area (Å²) in [6.45, 7) is 1.94. The second-order valence-electron chi connectivity index (χ2n) is 4.54. The van der Waals surface area contributed by atoms with Gasteiger partial charge in [0.2, 0.25) is 0 Å². The van der Waals surface area contributed by atoms with Gasteiger partial charge in [0.15, 0.2) is 5.78 Å². The SMILES string of the molecule is COc1cc(C)ccc1C(=O)Cc1ccc(F)cc1Br. The second kappa shape index (κ2) is 6.18. The van der Waals surface area contributed by atoms with Gasteiger partial charge in [0.1, 0.15) is 11.6 Å². The highest BCUT2D eigenvalue weighted by molar-refractivity contribution is 9.10. The molecule has 2 rings (SSSR count). The van der Waals surface area contributed by atoms with Gasteiger partial charge >= 0.3 is 0 Å². The maximum atomic E-state index is 13.0. The molecule has 0 heterocycles. The summed E-state index contributed by atoms with van der Waals surface area (Å²) in [5.74, 6) is 0.170. The molecule has 0 amide bonds. The lowest BCUT2D eigenvalue weighted by Gasteiger charge is -2.09. The van der Waals surface area contributed by atoms with Gasteiger partial charge in [0.25, 0.3) is 0 Å². The molecule has 0 saturated carbocycles. The minimum Gasteiger partial charge on any atom is -0.496 e. The van der Waals surface area contributed by atoms with Crippen molar-refractivity contribution in [1.82, 2.24) is 0 Å². The Morgan fingerprint density at radius 2 is 2.00 bits per heavy atom. The number of ether oxygens (including phenoxy) is 1. The summed E-state index contributed by atoms with van der Waals surface area (Å²) in [5, 5.41) is 0. The minimum absolute atomic E-state index is 0.0610. The number of ketones is 1. The lowest BCUT2D eigenvalue weighted by molar-refractivity contribution is 0.0990. The summed E-state index contributed by atoms with van der Waals surface area (Å²) in [4.78, 5) is 12.3. The molecule has 2 aromatic rings. The van der Waals surface area contributed by atoms with E-state index in [-0.39, 0.29) is 18.0 Å². The number of carbonyl (C=O) groups is 1. The van der Waals surface area contributed by atoms with Gasteiger partial charge in [-0.25, -0.2) is 4.39 Å². The van der Waals surface area contributed by atoms with Crippen LogP contribution >= 0.6 is 15.9 Å². The van der Waals surface area contributed by atoms with Crippen molar-refractivity contribution < 1.29 is 13.9 Å². The Morgan fingerprint density at radius 3 is 2.65 bits per heavy atom. The van der Waals surface area contributed by atoms with Crippen LogP contribution < -0.4 is 4.74 Å². The van der Waals surface area contributed by atoms with Crippen LogP contribution in [-0.4, -0.2) is 12.9 Å². The molecular formula is C16H14BrFO2. The fourth-order valence-corrected chi connectivity index (χ4v) is 2.45. The Bertz CT molecular complexity index is 653. The fraction of sp³-hybridized carbons (Fsp3) is 0.188. The average molecular weight is 337 g/mol. The lowest BCUT2D eigenvalue weighted by Crippen LogP contribution is -2.06. The molecule has 0 saturated heterocycles. The molecule has 0 radical (unpaired) electrons. The molecule has 0 N–H and O–H groups in total. The summed E-state index contributed by atoms with van der Waals surface area (Å²) in [5.41, 5.74) is 2.31. The number of hydrogen-bond donors (Lipinski definition) is 0. The predicted octanol–water partition coefficient (Wildman–Crippen LogP) is 4.33. The van der Waals surface area contributed by atoms with E-state index in [4.69, 9.17) is 4.74 Å². The van der Waals surface area contributed by atoms with E-state index < -0.39 is 0 Å².